The maximum Gasteiger partial charge on any atom is 0.0279 e. The maximum absolute atomic E-state index is 9.30. The lowest BCUT2D eigenvalue weighted by molar-refractivity contribution is 1.34. The molecule has 2 nitrogen and oxygen atoms in total. The minimum absolute atomic E-state index is 0. The van der Waals surface area contributed by atoms with Crippen LogP contribution < -0.4 is 21.2 Å². The predicted octanol–water partition coefficient (Wildman–Crippen LogP) is 10.7. The zero-order valence-electron chi connectivity index (χ0n) is 26.3. The van der Waals surface area contributed by atoms with Crippen LogP contribution in [0, 0.1) is 24.2 Å². The Bertz CT molecular complexity index is 1620. The number of nitrogens with one attached hydrogen (secondary N) is 2. The lowest BCUT2D eigenvalue weighted by Crippen LogP contribution is -2.17. The normalized spacial score (nSPS) is 10.8. The third kappa shape index (κ3) is 9.22. The van der Waals surface area contributed by atoms with Crippen LogP contribution >= 0.6 is 38.9 Å². The van der Waals surface area contributed by atoms with Gasteiger partial charge in [-0.25, -0.2) is 0 Å². The molecule has 0 bridgehead atoms. The first-order chi connectivity index (χ1) is 21.4. The average Bonchev–Trinajstić information content (AvgIpc) is 3.09. The Labute approximate surface area is 287 Å². The van der Waals surface area contributed by atoms with Crippen LogP contribution in [0.5, 0.6) is 0 Å². The molecule has 46 heavy (non-hydrogen) atoms. The Morgan fingerprint density at radius 1 is 0.348 bits per heavy atom. The molecule has 0 aliphatic heterocycles. The van der Waals surface area contributed by atoms with Crippen molar-refractivity contribution in [2.24, 2.45) is 0 Å². The van der Waals surface area contributed by atoms with Crippen molar-refractivity contribution in [2.75, 3.05) is 0 Å². The lowest BCUT2D eigenvalue weighted by Gasteiger charge is -2.24. The van der Waals surface area contributed by atoms with E-state index in [1.807, 2.05) is 72.8 Å². The summed E-state index contributed by atoms with van der Waals surface area (Å²) in [5.74, 6) is 0. The maximum atomic E-state index is 9.30. The van der Waals surface area contributed by atoms with Gasteiger partial charge in [0, 0.05) is 26.4 Å². The van der Waals surface area contributed by atoms with E-state index >= 15 is 0 Å². The fourth-order valence-corrected chi connectivity index (χ4v) is 10.9. The van der Waals surface area contributed by atoms with Crippen LogP contribution in [-0.4, -0.2) is 0 Å². The van der Waals surface area contributed by atoms with Gasteiger partial charge in [0.1, 0.15) is 0 Å². The summed E-state index contributed by atoms with van der Waals surface area (Å²) < 4.78 is 0. The largest absolute Gasteiger partial charge is 0.309 e. The molecule has 6 aromatic rings. The van der Waals surface area contributed by atoms with Crippen molar-refractivity contribution in [3.63, 3.8) is 0 Å². The van der Waals surface area contributed by atoms with Crippen LogP contribution in [0.3, 0.4) is 0 Å². The highest BCUT2D eigenvalue weighted by Gasteiger charge is 2.23. The summed E-state index contributed by atoms with van der Waals surface area (Å²) in [5.41, 5.74) is 5.00. The van der Waals surface area contributed by atoms with Crippen LogP contribution in [0.15, 0.2) is 170 Å². The smallest absolute Gasteiger partial charge is 0.0279 e. The number of rotatable bonds is 8. The van der Waals surface area contributed by atoms with Gasteiger partial charge in [0.05, 0.1) is 0 Å². The summed E-state index contributed by atoms with van der Waals surface area (Å²) in [6.07, 6.45) is 1.56. The monoisotopic (exact) mass is 682 g/mol. The number of aryl methyl sites for hydroxylation is 2. The molecule has 0 fully saturated rings. The Morgan fingerprint density at radius 3 is 0.783 bits per heavy atom. The van der Waals surface area contributed by atoms with Gasteiger partial charge in [0.2, 0.25) is 0 Å². The molecule has 0 amide bonds. The van der Waals surface area contributed by atoms with E-state index in [0.29, 0.717) is 0 Å². The van der Waals surface area contributed by atoms with Gasteiger partial charge in [-0.1, -0.05) is 181 Å². The van der Waals surface area contributed by atoms with Gasteiger partial charge in [-0.3, -0.25) is 0 Å². The first-order valence-electron chi connectivity index (χ1n) is 15.0. The quantitative estimate of drug-likeness (QED) is 0.150. The molecule has 0 atom stereocenters. The second-order valence-electron chi connectivity index (χ2n) is 11.2. The Hall–Kier alpha value is -3.64. The first kappa shape index (κ1) is 36.8. The minimum atomic E-state index is -2.16. The van der Waals surface area contributed by atoms with Crippen LogP contribution in [0.4, 0.5) is 0 Å². The number of halogens is 2. The van der Waals surface area contributed by atoms with Gasteiger partial charge in [-0.2, -0.15) is 0 Å². The highest BCUT2D eigenvalue weighted by atomic mass is 35.5. The van der Waals surface area contributed by atoms with Crippen molar-refractivity contribution in [3.8, 4) is 0 Å². The molecule has 0 aliphatic rings. The number of hydrogen-bond donors (Lipinski definition) is 2. The third-order valence-corrected chi connectivity index (χ3v) is 14.3. The van der Waals surface area contributed by atoms with E-state index in [1.165, 1.54) is 22.3 Å². The molecule has 0 heterocycles. The molecule has 236 valence electrons. The predicted molar refractivity (Wildman–Crippen MR) is 208 cm³/mol. The zero-order chi connectivity index (χ0) is 30.8. The van der Waals surface area contributed by atoms with Crippen molar-refractivity contribution in [3.05, 3.63) is 192 Å². The van der Waals surface area contributed by atoms with E-state index in [-0.39, 0.29) is 24.8 Å². The fourth-order valence-electron chi connectivity index (χ4n) is 5.33. The van der Waals surface area contributed by atoms with Gasteiger partial charge in [0.25, 0.3) is 0 Å². The summed E-state index contributed by atoms with van der Waals surface area (Å²) in [7, 11) is -4.32. The molecule has 2 N–H and O–H groups in total. The molecule has 6 aromatic carbocycles. The second-order valence-corrected chi connectivity index (χ2v) is 17.2. The molecular formula is C40H42Cl2N2P2. The molecule has 0 spiro atoms. The molecular weight excluding hydrogens is 641 g/mol. The van der Waals surface area contributed by atoms with Crippen molar-refractivity contribution >= 4 is 60.1 Å². The van der Waals surface area contributed by atoms with Crippen LogP contribution in [0.25, 0.3) is 0 Å². The minimum Gasteiger partial charge on any atom is -0.309 e. The summed E-state index contributed by atoms with van der Waals surface area (Å²) in [6, 6.07) is 58.3. The number of hydrogen-bond acceptors (Lipinski definition) is 2. The van der Waals surface area contributed by atoms with Crippen LogP contribution in [0.1, 0.15) is 22.3 Å². The molecule has 0 saturated heterocycles. The zero-order valence-corrected chi connectivity index (χ0v) is 29.7. The van der Waals surface area contributed by atoms with Crippen molar-refractivity contribution in [1.29, 1.82) is 10.3 Å². The molecule has 6 heteroatoms. The van der Waals surface area contributed by atoms with E-state index in [9.17, 15) is 10.3 Å². The average molecular weight is 684 g/mol. The van der Waals surface area contributed by atoms with Gasteiger partial charge in [-0.05, 0) is 46.2 Å². The third-order valence-electron chi connectivity index (χ3n) is 7.87. The molecule has 0 aliphatic carbocycles. The molecule has 6 rings (SSSR count). The van der Waals surface area contributed by atoms with E-state index < -0.39 is 14.1 Å². The molecule has 0 saturated carbocycles. The number of benzene rings is 6. The Kier molecular flexibility index (Phi) is 13.9. The second kappa shape index (κ2) is 17.3. The standard InChI is InChI=1S/2C20H20NP.2ClH/c2*1-17-12-14-18(15-13-17)16-22(21,19-8-4-2-5-9-19)20-10-6-3-7-11-20;;/h2*2-15,21H,16H2,1H3;2*1H. The van der Waals surface area contributed by atoms with Crippen molar-refractivity contribution < 1.29 is 0 Å². The molecule has 0 aromatic heterocycles. The van der Waals surface area contributed by atoms with Gasteiger partial charge in [0.15, 0.2) is 0 Å². The molecule has 0 unspecified atom stereocenters. The van der Waals surface area contributed by atoms with E-state index in [1.54, 1.807) is 0 Å². The van der Waals surface area contributed by atoms with Crippen molar-refractivity contribution in [1.82, 2.24) is 0 Å². The molecule has 0 radical (unpaired) electrons. The van der Waals surface area contributed by atoms with E-state index in [0.717, 1.165) is 33.5 Å². The van der Waals surface area contributed by atoms with Gasteiger partial charge in [-0.15, -0.1) is 24.8 Å². The summed E-state index contributed by atoms with van der Waals surface area (Å²) in [6.45, 7) is 4.20. The Morgan fingerprint density at radius 2 is 0.565 bits per heavy atom. The van der Waals surface area contributed by atoms with Crippen LogP contribution in [-0.2, 0) is 12.3 Å². The van der Waals surface area contributed by atoms with Crippen molar-refractivity contribution in [2.45, 2.75) is 26.2 Å². The lowest BCUT2D eigenvalue weighted by atomic mass is 10.2. The van der Waals surface area contributed by atoms with E-state index in [4.69, 9.17) is 0 Å². The van der Waals surface area contributed by atoms with Crippen LogP contribution in [0.2, 0.25) is 0 Å². The summed E-state index contributed by atoms with van der Waals surface area (Å²) in [4.78, 5) is 0. The summed E-state index contributed by atoms with van der Waals surface area (Å²) in [5, 5.41) is 23.2. The summed E-state index contributed by atoms with van der Waals surface area (Å²) >= 11 is 0. The topological polar surface area (TPSA) is 47.7 Å². The Balaban J connectivity index is 0.000000240. The van der Waals surface area contributed by atoms with E-state index in [2.05, 4.69) is 111 Å². The fraction of sp³-hybridized carbons (Fsp3) is 0.100. The highest BCUT2D eigenvalue weighted by Crippen LogP contribution is 2.48. The highest BCUT2D eigenvalue weighted by molar-refractivity contribution is 7.79. The SMILES string of the molecule is Cc1ccc(CP(=N)(c2ccccc2)c2ccccc2)cc1.Cc1ccc(CP(=N)(c2ccccc2)c2ccccc2)cc1.Cl.Cl. The first-order valence-corrected chi connectivity index (χ1v) is 18.9. The van der Waals surface area contributed by atoms with Gasteiger partial charge < -0.3 is 10.3 Å². The van der Waals surface area contributed by atoms with Gasteiger partial charge >= 0.3 is 0 Å².